The quantitative estimate of drug-likeness (QED) is 0.819. The Kier molecular flexibility index (Phi) is 5.67. The fraction of sp³-hybridized carbons (Fsp3) is 0.600. The molecular formula is C15H21BrO3. The van der Waals surface area contributed by atoms with Crippen molar-refractivity contribution in [3.05, 3.63) is 28.2 Å². The van der Waals surface area contributed by atoms with Gasteiger partial charge in [0.15, 0.2) is 0 Å². The monoisotopic (exact) mass is 328 g/mol. The molecule has 2 atom stereocenters. The average molecular weight is 329 g/mol. The van der Waals surface area contributed by atoms with Crippen molar-refractivity contribution in [3.63, 3.8) is 0 Å². The lowest BCUT2D eigenvalue weighted by atomic mass is 9.95. The second kappa shape index (κ2) is 7.27. The van der Waals surface area contributed by atoms with E-state index in [1.807, 2.05) is 12.1 Å². The molecule has 2 rings (SSSR count). The van der Waals surface area contributed by atoms with E-state index in [-0.39, 0.29) is 0 Å². The minimum Gasteiger partial charge on any atom is -0.496 e. The van der Waals surface area contributed by atoms with Gasteiger partial charge < -0.3 is 14.2 Å². The molecule has 0 heterocycles. The number of hydrogen-bond donors (Lipinski definition) is 0. The lowest BCUT2D eigenvalue weighted by Crippen LogP contribution is -2.27. The number of halogens is 1. The van der Waals surface area contributed by atoms with E-state index >= 15 is 0 Å². The van der Waals surface area contributed by atoms with E-state index in [0.29, 0.717) is 18.8 Å². The minimum absolute atomic E-state index is 0.319. The van der Waals surface area contributed by atoms with Gasteiger partial charge in [-0.1, -0.05) is 6.07 Å². The molecule has 0 saturated heterocycles. The van der Waals surface area contributed by atoms with Gasteiger partial charge in [0.2, 0.25) is 0 Å². The Morgan fingerprint density at radius 2 is 2.00 bits per heavy atom. The Morgan fingerprint density at radius 3 is 2.68 bits per heavy atom. The van der Waals surface area contributed by atoms with Gasteiger partial charge in [-0.25, -0.2) is 0 Å². The molecule has 0 bridgehead atoms. The van der Waals surface area contributed by atoms with Crippen molar-refractivity contribution in [2.24, 2.45) is 0 Å². The van der Waals surface area contributed by atoms with E-state index in [9.17, 15) is 0 Å². The molecular weight excluding hydrogens is 308 g/mol. The summed E-state index contributed by atoms with van der Waals surface area (Å²) in [6.07, 6.45) is 5.17. The molecule has 1 aliphatic carbocycles. The number of hydrogen-bond acceptors (Lipinski definition) is 3. The fourth-order valence-electron chi connectivity index (χ4n) is 2.48. The van der Waals surface area contributed by atoms with E-state index in [1.165, 1.54) is 6.42 Å². The standard InChI is InChI=1S/C15H21BrO3/c1-17-12-4-3-5-13(9-12)19-10-11-6-7-15(18-2)14(16)8-11/h6-8,12-13H,3-5,9-10H2,1-2H3. The molecule has 1 fully saturated rings. The van der Waals surface area contributed by atoms with Crippen molar-refractivity contribution < 1.29 is 14.2 Å². The van der Waals surface area contributed by atoms with Crippen molar-refractivity contribution in [2.45, 2.75) is 44.5 Å². The highest BCUT2D eigenvalue weighted by Crippen LogP contribution is 2.27. The first-order valence-electron chi connectivity index (χ1n) is 6.69. The van der Waals surface area contributed by atoms with Crippen molar-refractivity contribution in [2.75, 3.05) is 14.2 Å². The van der Waals surface area contributed by atoms with Crippen molar-refractivity contribution >= 4 is 15.9 Å². The Hall–Kier alpha value is -0.580. The lowest BCUT2D eigenvalue weighted by molar-refractivity contribution is -0.0363. The zero-order valence-corrected chi connectivity index (χ0v) is 13.1. The van der Waals surface area contributed by atoms with Crippen LogP contribution in [0.5, 0.6) is 5.75 Å². The maximum atomic E-state index is 5.99. The molecule has 1 aromatic carbocycles. The summed E-state index contributed by atoms with van der Waals surface area (Å²) < 4.78 is 17.6. The van der Waals surface area contributed by atoms with Gasteiger partial charge in [0.1, 0.15) is 5.75 Å². The molecule has 1 saturated carbocycles. The SMILES string of the molecule is COc1ccc(COC2CCCC(OC)C2)cc1Br. The number of benzene rings is 1. The highest BCUT2D eigenvalue weighted by Gasteiger charge is 2.22. The smallest absolute Gasteiger partial charge is 0.133 e. The first-order chi connectivity index (χ1) is 9.22. The molecule has 106 valence electrons. The molecule has 3 nitrogen and oxygen atoms in total. The van der Waals surface area contributed by atoms with E-state index in [2.05, 4.69) is 22.0 Å². The van der Waals surface area contributed by atoms with E-state index in [0.717, 1.165) is 35.0 Å². The highest BCUT2D eigenvalue weighted by molar-refractivity contribution is 9.10. The Balaban J connectivity index is 1.86. The maximum absolute atomic E-state index is 5.99. The number of ether oxygens (including phenoxy) is 3. The summed E-state index contributed by atoms with van der Waals surface area (Å²) in [6, 6.07) is 6.05. The topological polar surface area (TPSA) is 27.7 Å². The van der Waals surface area contributed by atoms with Crippen LogP contribution in [0.1, 0.15) is 31.2 Å². The summed E-state index contributed by atoms with van der Waals surface area (Å²) in [6.45, 7) is 0.643. The van der Waals surface area contributed by atoms with Gasteiger partial charge in [-0.15, -0.1) is 0 Å². The zero-order valence-electron chi connectivity index (χ0n) is 11.5. The van der Waals surface area contributed by atoms with Crippen LogP contribution in [-0.2, 0) is 16.1 Å². The van der Waals surface area contributed by atoms with Gasteiger partial charge in [0.05, 0.1) is 30.4 Å². The molecule has 0 amide bonds. The van der Waals surface area contributed by atoms with E-state index in [1.54, 1.807) is 14.2 Å². The second-order valence-electron chi connectivity index (χ2n) is 4.93. The van der Waals surface area contributed by atoms with Gasteiger partial charge in [0.25, 0.3) is 0 Å². The molecule has 0 spiro atoms. The number of rotatable bonds is 5. The van der Waals surface area contributed by atoms with Gasteiger partial charge in [-0.3, -0.25) is 0 Å². The van der Waals surface area contributed by atoms with Crippen LogP contribution in [0.15, 0.2) is 22.7 Å². The first-order valence-corrected chi connectivity index (χ1v) is 7.49. The molecule has 0 aliphatic heterocycles. The van der Waals surface area contributed by atoms with E-state index < -0.39 is 0 Å². The Morgan fingerprint density at radius 1 is 1.21 bits per heavy atom. The van der Waals surface area contributed by atoms with Crippen LogP contribution >= 0.6 is 15.9 Å². The second-order valence-corrected chi connectivity index (χ2v) is 5.78. The summed E-state index contributed by atoms with van der Waals surface area (Å²) in [5.41, 5.74) is 1.16. The van der Waals surface area contributed by atoms with Crippen LogP contribution in [-0.4, -0.2) is 26.4 Å². The Bertz CT molecular complexity index is 408. The fourth-order valence-corrected chi connectivity index (χ4v) is 3.07. The maximum Gasteiger partial charge on any atom is 0.133 e. The predicted octanol–water partition coefficient (Wildman–Crippen LogP) is 3.93. The molecule has 4 heteroatoms. The van der Waals surface area contributed by atoms with Gasteiger partial charge in [-0.2, -0.15) is 0 Å². The predicted molar refractivity (Wildman–Crippen MR) is 78.5 cm³/mol. The van der Waals surface area contributed by atoms with Crippen LogP contribution in [0.3, 0.4) is 0 Å². The van der Waals surface area contributed by atoms with Crippen LogP contribution < -0.4 is 4.74 Å². The molecule has 1 aliphatic rings. The van der Waals surface area contributed by atoms with Crippen LogP contribution in [0.25, 0.3) is 0 Å². The Labute approximate surface area is 123 Å². The third kappa shape index (κ3) is 4.20. The van der Waals surface area contributed by atoms with Crippen molar-refractivity contribution in [1.29, 1.82) is 0 Å². The summed E-state index contributed by atoms with van der Waals surface area (Å²) in [5, 5.41) is 0. The summed E-state index contributed by atoms with van der Waals surface area (Å²) in [5.74, 6) is 0.848. The summed E-state index contributed by atoms with van der Waals surface area (Å²) in [4.78, 5) is 0. The third-order valence-corrected chi connectivity index (χ3v) is 4.23. The largest absolute Gasteiger partial charge is 0.496 e. The normalized spacial score (nSPS) is 23.3. The molecule has 0 aromatic heterocycles. The molecule has 2 unspecified atom stereocenters. The van der Waals surface area contributed by atoms with Gasteiger partial charge in [-0.05, 0) is 59.3 Å². The van der Waals surface area contributed by atoms with E-state index in [4.69, 9.17) is 14.2 Å². The lowest BCUT2D eigenvalue weighted by Gasteiger charge is -2.28. The minimum atomic E-state index is 0.319. The van der Waals surface area contributed by atoms with Crippen LogP contribution in [0.4, 0.5) is 0 Å². The summed E-state index contributed by atoms with van der Waals surface area (Å²) in [7, 11) is 3.46. The number of methoxy groups -OCH3 is 2. The molecule has 1 aromatic rings. The average Bonchev–Trinajstić information content (AvgIpc) is 2.45. The van der Waals surface area contributed by atoms with Crippen molar-refractivity contribution in [1.82, 2.24) is 0 Å². The third-order valence-electron chi connectivity index (χ3n) is 3.61. The highest BCUT2D eigenvalue weighted by atomic mass is 79.9. The van der Waals surface area contributed by atoms with Crippen LogP contribution in [0, 0.1) is 0 Å². The molecule has 0 radical (unpaired) electrons. The first kappa shape index (κ1) is 14.8. The van der Waals surface area contributed by atoms with Crippen LogP contribution in [0.2, 0.25) is 0 Å². The van der Waals surface area contributed by atoms with Gasteiger partial charge >= 0.3 is 0 Å². The molecule has 19 heavy (non-hydrogen) atoms. The summed E-state index contributed by atoms with van der Waals surface area (Å²) >= 11 is 3.49. The zero-order chi connectivity index (χ0) is 13.7. The van der Waals surface area contributed by atoms with Gasteiger partial charge in [0, 0.05) is 7.11 Å². The molecule has 0 N–H and O–H groups in total. The van der Waals surface area contributed by atoms with Crippen molar-refractivity contribution in [3.8, 4) is 5.75 Å².